The number of hydrogen-bond donors (Lipinski definition) is 2. The molecule has 1 aliphatic rings. The van der Waals surface area contributed by atoms with Crippen LogP contribution >= 0.6 is 0 Å². The van der Waals surface area contributed by atoms with Crippen LogP contribution in [0.4, 0.5) is 5.69 Å². The van der Waals surface area contributed by atoms with Gasteiger partial charge in [0, 0.05) is 36.8 Å². The summed E-state index contributed by atoms with van der Waals surface area (Å²) in [6, 6.07) is 6.55. The quantitative estimate of drug-likeness (QED) is 0.635. The maximum Gasteiger partial charge on any atom is 0.331 e. The average Bonchev–Trinajstić information content (AvgIpc) is 2.54. The van der Waals surface area contributed by atoms with E-state index in [4.69, 9.17) is 0 Å². The number of ketones is 1. The van der Waals surface area contributed by atoms with E-state index in [-0.39, 0.29) is 11.1 Å². The Hall–Kier alpha value is -2.89. The number of carbonyl (C=O) groups is 3. The molecule has 126 valence electrons. The summed E-state index contributed by atoms with van der Waals surface area (Å²) in [6.07, 6.45) is 3.93. The van der Waals surface area contributed by atoms with E-state index in [1.54, 1.807) is 24.3 Å². The van der Waals surface area contributed by atoms with Crippen LogP contribution in [0.1, 0.15) is 17.3 Å². The van der Waals surface area contributed by atoms with E-state index in [1.807, 2.05) is 19.0 Å². The largest absolute Gasteiger partial charge is 0.480 e. The van der Waals surface area contributed by atoms with Crippen LogP contribution in [0.3, 0.4) is 0 Å². The predicted molar refractivity (Wildman–Crippen MR) is 89.2 cm³/mol. The number of carboxylic acids is 2. The predicted octanol–water partition coefficient (Wildman–Crippen LogP) is 2.22. The molecule has 0 bridgehead atoms. The SMILES string of the molecule is CC1C(C(=O)O)=CC=CC1(C(=O)O)C(=O)c1ccc(N(C)C)cc1. The molecule has 0 aliphatic heterocycles. The number of aliphatic carboxylic acids is 2. The topological polar surface area (TPSA) is 94.9 Å². The zero-order chi connectivity index (χ0) is 18.1. The van der Waals surface area contributed by atoms with Crippen LogP contribution in [0.5, 0.6) is 0 Å². The summed E-state index contributed by atoms with van der Waals surface area (Å²) in [5, 5.41) is 19.0. The number of benzene rings is 1. The number of Topliss-reactive ketones (excluding diaryl/α,β-unsaturated/α-hetero) is 1. The molecule has 0 saturated heterocycles. The van der Waals surface area contributed by atoms with Crippen LogP contribution in [-0.4, -0.2) is 42.0 Å². The van der Waals surface area contributed by atoms with E-state index < -0.39 is 29.1 Å². The van der Waals surface area contributed by atoms with Gasteiger partial charge in [0.25, 0.3) is 0 Å². The highest BCUT2D eigenvalue weighted by molar-refractivity contribution is 6.15. The van der Waals surface area contributed by atoms with E-state index in [0.29, 0.717) is 0 Å². The summed E-state index contributed by atoms with van der Waals surface area (Å²) in [5.41, 5.74) is -0.930. The Morgan fingerprint density at radius 3 is 2.12 bits per heavy atom. The number of carbonyl (C=O) groups excluding carboxylic acids is 1. The lowest BCUT2D eigenvalue weighted by molar-refractivity contribution is -0.145. The first-order valence-corrected chi connectivity index (χ1v) is 7.40. The maximum atomic E-state index is 13.0. The summed E-state index contributed by atoms with van der Waals surface area (Å²) in [5.74, 6) is -4.21. The van der Waals surface area contributed by atoms with Crippen LogP contribution in [0.25, 0.3) is 0 Å². The van der Waals surface area contributed by atoms with Crippen molar-refractivity contribution in [3.05, 3.63) is 53.6 Å². The minimum Gasteiger partial charge on any atom is -0.480 e. The number of anilines is 1. The van der Waals surface area contributed by atoms with Crippen molar-refractivity contribution in [2.45, 2.75) is 6.92 Å². The van der Waals surface area contributed by atoms with E-state index in [2.05, 4.69) is 0 Å². The van der Waals surface area contributed by atoms with Crippen molar-refractivity contribution in [3.8, 4) is 0 Å². The lowest BCUT2D eigenvalue weighted by atomic mass is 9.66. The Morgan fingerprint density at radius 1 is 1.08 bits per heavy atom. The third kappa shape index (κ3) is 2.71. The van der Waals surface area contributed by atoms with Crippen LogP contribution in [0.2, 0.25) is 0 Å². The van der Waals surface area contributed by atoms with E-state index in [1.165, 1.54) is 25.2 Å². The first-order chi connectivity index (χ1) is 11.2. The minimum absolute atomic E-state index is 0.0989. The second-order valence-corrected chi connectivity index (χ2v) is 5.95. The fourth-order valence-electron chi connectivity index (χ4n) is 2.87. The zero-order valence-corrected chi connectivity index (χ0v) is 13.7. The summed E-state index contributed by atoms with van der Waals surface area (Å²) in [6.45, 7) is 1.45. The van der Waals surface area contributed by atoms with Crippen molar-refractivity contribution < 1.29 is 24.6 Å². The molecular weight excluding hydrogens is 310 g/mol. The minimum atomic E-state index is -1.93. The third-order valence-corrected chi connectivity index (χ3v) is 4.41. The van der Waals surface area contributed by atoms with E-state index >= 15 is 0 Å². The molecule has 0 saturated carbocycles. The number of hydrogen-bond acceptors (Lipinski definition) is 4. The van der Waals surface area contributed by atoms with Gasteiger partial charge in [0.15, 0.2) is 11.2 Å². The molecule has 0 spiro atoms. The molecule has 0 fully saturated rings. The van der Waals surface area contributed by atoms with Gasteiger partial charge >= 0.3 is 11.9 Å². The van der Waals surface area contributed by atoms with Crippen molar-refractivity contribution in [1.29, 1.82) is 0 Å². The molecule has 6 nitrogen and oxygen atoms in total. The number of rotatable bonds is 5. The summed E-state index contributed by atoms with van der Waals surface area (Å²) >= 11 is 0. The Bertz CT molecular complexity index is 745. The van der Waals surface area contributed by atoms with Crippen molar-refractivity contribution in [2.75, 3.05) is 19.0 Å². The lowest BCUT2D eigenvalue weighted by Gasteiger charge is -2.33. The molecule has 2 N–H and O–H groups in total. The maximum absolute atomic E-state index is 13.0. The average molecular weight is 329 g/mol. The van der Waals surface area contributed by atoms with Crippen molar-refractivity contribution in [3.63, 3.8) is 0 Å². The first-order valence-electron chi connectivity index (χ1n) is 7.40. The highest BCUT2D eigenvalue weighted by atomic mass is 16.4. The molecule has 0 heterocycles. The van der Waals surface area contributed by atoms with Gasteiger partial charge in [0.05, 0.1) is 0 Å². The standard InChI is InChI=1S/C18H19NO5/c1-11-14(16(21)22)5-4-10-18(11,17(23)24)15(20)12-6-8-13(9-7-12)19(2)3/h4-11H,1-3H3,(H,21,22)(H,23,24). The van der Waals surface area contributed by atoms with Gasteiger partial charge in [-0.1, -0.05) is 25.2 Å². The highest BCUT2D eigenvalue weighted by Crippen LogP contribution is 2.41. The molecule has 0 amide bonds. The van der Waals surface area contributed by atoms with Crippen molar-refractivity contribution >= 4 is 23.4 Å². The molecule has 0 aromatic heterocycles. The zero-order valence-electron chi connectivity index (χ0n) is 13.7. The van der Waals surface area contributed by atoms with Gasteiger partial charge in [-0.2, -0.15) is 0 Å². The Labute approximate surface area is 139 Å². The summed E-state index contributed by atoms with van der Waals surface area (Å²) in [7, 11) is 3.71. The normalized spacial score (nSPS) is 22.6. The van der Waals surface area contributed by atoms with E-state index in [9.17, 15) is 24.6 Å². The van der Waals surface area contributed by atoms with Gasteiger partial charge < -0.3 is 15.1 Å². The summed E-state index contributed by atoms with van der Waals surface area (Å²) < 4.78 is 0. The molecule has 1 aliphatic carbocycles. The molecule has 24 heavy (non-hydrogen) atoms. The monoisotopic (exact) mass is 329 g/mol. The summed E-state index contributed by atoms with van der Waals surface area (Å²) in [4.78, 5) is 38.1. The number of nitrogens with zero attached hydrogens (tertiary/aromatic N) is 1. The molecule has 2 rings (SSSR count). The molecule has 1 aromatic rings. The second-order valence-electron chi connectivity index (χ2n) is 5.95. The van der Waals surface area contributed by atoms with Crippen LogP contribution in [0.15, 0.2) is 48.1 Å². The van der Waals surface area contributed by atoms with Crippen LogP contribution in [0, 0.1) is 11.3 Å². The van der Waals surface area contributed by atoms with Gasteiger partial charge in [0.1, 0.15) is 0 Å². The first kappa shape index (κ1) is 17.5. The van der Waals surface area contributed by atoms with Gasteiger partial charge in [0.2, 0.25) is 0 Å². The number of carboxylic acid groups (broad SMARTS) is 2. The smallest absolute Gasteiger partial charge is 0.331 e. The Morgan fingerprint density at radius 2 is 1.67 bits per heavy atom. The lowest BCUT2D eigenvalue weighted by Crippen LogP contribution is -2.46. The fourth-order valence-corrected chi connectivity index (χ4v) is 2.87. The molecule has 6 heteroatoms. The van der Waals surface area contributed by atoms with Crippen molar-refractivity contribution in [1.82, 2.24) is 0 Å². The molecular formula is C18H19NO5. The Kier molecular flexibility index (Phi) is 4.59. The third-order valence-electron chi connectivity index (χ3n) is 4.41. The molecule has 0 radical (unpaired) electrons. The van der Waals surface area contributed by atoms with Gasteiger partial charge in [-0.3, -0.25) is 9.59 Å². The van der Waals surface area contributed by atoms with Crippen LogP contribution in [-0.2, 0) is 9.59 Å². The molecule has 2 unspecified atom stereocenters. The van der Waals surface area contributed by atoms with Crippen molar-refractivity contribution in [2.24, 2.45) is 11.3 Å². The highest BCUT2D eigenvalue weighted by Gasteiger charge is 2.52. The Balaban J connectivity index is 2.50. The van der Waals surface area contributed by atoms with Gasteiger partial charge in [-0.05, 0) is 24.3 Å². The molecule has 1 aromatic carbocycles. The molecule has 2 atom stereocenters. The second kappa shape index (κ2) is 6.31. The fraction of sp³-hybridized carbons (Fsp3) is 0.278. The van der Waals surface area contributed by atoms with Crippen LogP contribution < -0.4 is 4.90 Å². The van der Waals surface area contributed by atoms with E-state index in [0.717, 1.165) is 5.69 Å². The number of allylic oxidation sites excluding steroid dienone is 2. The van der Waals surface area contributed by atoms with Gasteiger partial charge in [-0.25, -0.2) is 4.79 Å². The van der Waals surface area contributed by atoms with Gasteiger partial charge in [-0.15, -0.1) is 0 Å².